The lowest BCUT2D eigenvalue weighted by atomic mass is 9.87. The van der Waals surface area contributed by atoms with Gasteiger partial charge in [-0.2, -0.15) is 0 Å². The Balaban J connectivity index is 1.14. The molecule has 0 aromatic rings. The van der Waals surface area contributed by atoms with Crippen molar-refractivity contribution >= 4 is 5.97 Å². The van der Waals surface area contributed by atoms with Crippen LogP contribution in [0.3, 0.4) is 0 Å². The van der Waals surface area contributed by atoms with Crippen molar-refractivity contribution in [2.75, 3.05) is 32.8 Å². The van der Waals surface area contributed by atoms with Crippen molar-refractivity contribution in [1.82, 2.24) is 14.7 Å². The van der Waals surface area contributed by atoms with E-state index in [4.69, 9.17) is 9.47 Å². The van der Waals surface area contributed by atoms with Gasteiger partial charge in [-0.05, 0) is 71.1 Å². The van der Waals surface area contributed by atoms with E-state index in [1.807, 2.05) is 6.92 Å². The third kappa shape index (κ3) is 4.65. The van der Waals surface area contributed by atoms with Gasteiger partial charge in [0, 0.05) is 44.3 Å². The van der Waals surface area contributed by atoms with Gasteiger partial charge in [-0.3, -0.25) is 19.5 Å². The lowest BCUT2D eigenvalue weighted by molar-refractivity contribution is -0.213. The van der Waals surface area contributed by atoms with Crippen LogP contribution in [-0.2, 0) is 14.3 Å². The van der Waals surface area contributed by atoms with Gasteiger partial charge in [0.15, 0.2) is 6.35 Å². The maximum atomic E-state index is 12.0. The van der Waals surface area contributed by atoms with Crippen LogP contribution in [0.4, 0.5) is 0 Å². The van der Waals surface area contributed by atoms with Crippen LogP contribution in [-0.4, -0.2) is 84.0 Å². The number of ether oxygens (including phenoxy) is 2. The summed E-state index contributed by atoms with van der Waals surface area (Å²) in [4.78, 5) is 20.0. The monoisotopic (exact) mass is 405 g/mol. The summed E-state index contributed by atoms with van der Waals surface area (Å²) >= 11 is 0. The molecule has 2 aliphatic heterocycles. The zero-order valence-corrected chi connectivity index (χ0v) is 18.1. The highest BCUT2D eigenvalue weighted by atomic mass is 16.5. The average Bonchev–Trinajstić information content (AvgIpc) is 3.63. The van der Waals surface area contributed by atoms with E-state index in [2.05, 4.69) is 14.7 Å². The molecule has 3 saturated carbocycles. The molecule has 0 aromatic heterocycles. The second-order valence-corrected chi connectivity index (χ2v) is 9.95. The normalized spacial score (nSPS) is 33.0. The maximum Gasteiger partial charge on any atom is 0.308 e. The van der Waals surface area contributed by atoms with Crippen molar-refractivity contribution in [3.8, 4) is 0 Å². The fourth-order valence-electron chi connectivity index (χ4n) is 5.73. The van der Waals surface area contributed by atoms with Gasteiger partial charge in [-0.25, -0.2) is 0 Å². The molecule has 6 nitrogen and oxygen atoms in total. The minimum absolute atomic E-state index is 0.00660. The van der Waals surface area contributed by atoms with E-state index in [1.54, 1.807) is 0 Å². The van der Waals surface area contributed by atoms with E-state index >= 15 is 0 Å². The maximum absolute atomic E-state index is 12.0. The summed E-state index contributed by atoms with van der Waals surface area (Å²) in [6.07, 6.45) is 12.5. The molecule has 5 rings (SSSR count). The summed E-state index contributed by atoms with van der Waals surface area (Å²) in [5.74, 6) is 0.0759. The van der Waals surface area contributed by atoms with Crippen LogP contribution < -0.4 is 0 Å². The number of hydrogen-bond acceptors (Lipinski definition) is 6. The molecular formula is C23H39N3O3. The molecule has 5 fully saturated rings. The van der Waals surface area contributed by atoms with Crippen molar-refractivity contribution in [3.05, 3.63) is 0 Å². The second kappa shape index (κ2) is 8.81. The van der Waals surface area contributed by atoms with Crippen LogP contribution in [0.25, 0.3) is 0 Å². The highest BCUT2D eigenvalue weighted by Crippen LogP contribution is 2.41. The summed E-state index contributed by atoms with van der Waals surface area (Å²) in [6.45, 7) is 7.05. The van der Waals surface area contributed by atoms with Crippen molar-refractivity contribution in [2.24, 2.45) is 5.92 Å². The van der Waals surface area contributed by atoms with Crippen molar-refractivity contribution < 1.29 is 14.3 Å². The first kappa shape index (κ1) is 20.2. The quantitative estimate of drug-likeness (QED) is 0.550. The predicted octanol–water partition coefficient (Wildman–Crippen LogP) is 2.82. The van der Waals surface area contributed by atoms with Crippen LogP contribution in [0.1, 0.15) is 71.1 Å². The highest BCUT2D eigenvalue weighted by Gasteiger charge is 2.48. The number of carbonyl (C=O) groups excluding carboxylic acids is 1. The van der Waals surface area contributed by atoms with Gasteiger partial charge >= 0.3 is 5.97 Å². The number of carbonyl (C=O) groups is 1. The number of likely N-dealkylation sites (tertiary alicyclic amines) is 2. The minimum atomic E-state index is -0.00660. The molecular weight excluding hydrogens is 366 g/mol. The molecule has 2 heterocycles. The molecule has 0 amide bonds. The Morgan fingerprint density at radius 3 is 2.07 bits per heavy atom. The predicted molar refractivity (Wildman–Crippen MR) is 111 cm³/mol. The van der Waals surface area contributed by atoms with Crippen LogP contribution in [0.2, 0.25) is 0 Å². The molecule has 0 spiro atoms. The second-order valence-electron chi connectivity index (χ2n) is 9.95. The number of hydrogen-bond donors (Lipinski definition) is 0. The van der Waals surface area contributed by atoms with Crippen molar-refractivity contribution in [2.45, 2.75) is 102 Å². The Bertz CT molecular complexity index is 548. The zero-order chi connectivity index (χ0) is 19.8. The summed E-state index contributed by atoms with van der Waals surface area (Å²) in [5, 5.41) is 0. The lowest BCUT2D eigenvalue weighted by Gasteiger charge is -2.51. The molecule has 6 heteroatoms. The van der Waals surface area contributed by atoms with E-state index < -0.39 is 0 Å². The molecule has 0 aromatic carbocycles. The first-order valence-corrected chi connectivity index (χ1v) is 12.3. The SMILES string of the molecule is CCOC(=O)C1CCC(OC(N2CCCC2)N2CC(N(C3CC3)C3CC3)C2)CC1. The van der Waals surface area contributed by atoms with Gasteiger partial charge in [0.25, 0.3) is 0 Å². The molecule has 2 saturated heterocycles. The van der Waals surface area contributed by atoms with Gasteiger partial charge in [-0.1, -0.05) is 0 Å². The molecule has 0 radical (unpaired) electrons. The van der Waals surface area contributed by atoms with E-state index in [1.165, 1.54) is 64.7 Å². The van der Waals surface area contributed by atoms with Gasteiger partial charge in [0.2, 0.25) is 0 Å². The molecule has 1 unspecified atom stereocenters. The molecule has 0 N–H and O–H groups in total. The minimum Gasteiger partial charge on any atom is -0.466 e. The molecule has 3 aliphatic carbocycles. The Hall–Kier alpha value is -0.690. The van der Waals surface area contributed by atoms with Crippen molar-refractivity contribution in [3.63, 3.8) is 0 Å². The fraction of sp³-hybridized carbons (Fsp3) is 0.957. The van der Waals surface area contributed by atoms with E-state index in [0.717, 1.165) is 43.8 Å². The molecule has 5 aliphatic rings. The van der Waals surface area contributed by atoms with E-state index in [0.29, 0.717) is 6.61 Å². The Kier molecular flexibility index (Phi) is 6.15. The fourth-order valence-corrected chi connectivity index (χ4v) is 5.73. The van der Waals surface area contributed by atoms with Crippen LogP contribution in [0.5, 0.6) is 0 Å². The standard InChI is InChI=1S/C23H39N3O3/c1-2-28-22(27)17-5-11-21(12-6-17)29-23(24-13-3-4-14-24)25-15-20(16-25)26(18-7-8-18)19-9-10-19/h17-21,23H,2-16H2,1H3. The van der Waals surface area contributed by atoms with Gasteiger partial charge in [0.05, 0.1) is 18.6 Å². The molecule has 0 bridgehead atoms. The average molecular weight is 406 g/mol. The largest absolute Gasteiger partial charge is 0.466 e. The summed E-state index contributed by atoms with van der Waals surface area (Å²) in [6, 6.07) is 2.53. The third-order valence-electron chi connectivity index (χ3n) is 7.62. The molecule has 1 atom stereocenters. The summed E-state index contributed by atoms with van der Waals surface area (Å²) < 4.78 is 12.0. The number of nitrogens with zero attached hydrogens (tertiary/aromatic N) is 3. The Morgan fingerprint density at radius 2 is 1.52 bits per heavy atom. The Morgan fingerprint density at radius 1 is 0.897 bits per heavy atom. The highest BCUT2D eigenvalue weighted by molar-refractivity contribution is 5.72. The van der Waals surface area contributed by atoms with Gasteiger partial charge in [-0.15, -0.1) is 0 Å². The first-order chi connectivity index (χ1) is 14.2. The smallest absolute Gasteiger partial charge is 0.308 e. The summed E-state index contributed by atoms with van der Waals surface area (Å²) in [7, 11) is 0. The third-order valence-corrected chi connectivity index (χ3v) is 7.62. The summed E-state index contributed by atoms with van der Waals surface area (Å²) in [5.41, 5.74) is 0. The first-order valence-electron chi connectivity index (χ1n) is 12.3. The molecule has 164 valence electrons. The van der Waals surface area contributed by atoms with Gasteiger partial charge < -0.3 is 9.47 Å². The Labute approximate surface area is 175 Å². The lowest BCUT2D eigenvalue weighted by Crippen LogP contribution is -2.67. The number of rotatable bonds is 9. The zero-order valence-electron chi connectivity index (χ0n) is 18.1. The van der Waals surface area contributed by atoms with Crippen LogP contribution in [0.15, 0.2) is 0 Å². The number of esters is 1. The van der Waals surface area contributed by atoms with E-state index in [-0.39, 0.29) is 24.3 Å². The van der Waals surface area contributed by atoms with Gasteiger partial charge in [0.1, 0.15) is 0 Å². The van der Waals surface area contributed by atoms with Crippen molar-refractivity contribution in [1.29, 1.82) is 0 Å². The van der Waals surface area contributed by atoms with Crippen LogP contribution in [0, 0.1) is 5.92 Å². The molecule has 29 heavy (non-hydrogen) atoms. The topological polar surface area (TPSA) is 45.3 Å². The van der Waals surface area contributed by atoms with E-state index in [9.17, 15) is 4.79 Å². The van der Waals surface area contributed by atoms with Crippen LogP contribution >= 0.6 is 0 Å².